The molecule has 0 aromatic heterocycles. The maximum atomic E-state index is 14.0. The number of carbonyl (C=O) groups is 3. The summed E-state index contributed by atoms with van der Waals surface area (Å²) in [7, 11) is 3.42. The Morgan fingerprint density at radius 3 is 1.79 bits per heavy atom. The lowest BCUT2D eigenvalue weighted by Crippen LogP contribution is -2.53. The summed E-state index contributed by atoms with van der Waals surface area (Å²) in [5.41, 5.74) is 0. The normalized spacial score (nSPS) is 21.4. The Kier molecular flexibility index (Phi) is 14.1. The van der Waals surface area contributed by atoms with Crippen molar-refractivity contribution in [3.8, 4) is 0 Å². The highest BCUT2D eigenvalue weighted by atomic mass is 16.3. The van der Waals surface area contributed by atoms with E-state index in [1.54, 1.807) is 19.0 Å². The first-order chi connectivity index (χ1) is 20.0. The SMILES string of the molecule is CC(C)C[C@H](O)[C@H](O)[C@H](CC1CCCCC1)N(CC1CC1)C(=O)CCC(=O)N(CC(=O)N(C)C)[C@@H](C)C1CCCCC1. The standard InChI is InChI=1S/C34H61N3O5/c1-24(2)20-30(38)34(42)29(21-26-12-8-6-9-13-26)37(22-27-16-17-27)32(40)19-18-31(39)36(23-33(41)35(4)5)25(3)28-14-10-7-11-15-28/h24-30,34,38,42H,6-23H2,1-5H3/t25-,29-,30-,34+/m0/s1. The fourth-order valence-electron chi connectivity index (χ4n) is 7.21. The summed E-state index contributed by atoms with van der Waals surface area (Å²) in [6, 6.07) is -0.496. The van der Waals surface area contributed by atoms with Crippen molar-refractivity contribution in [1.82, 2.24) is 14.7 Å². The molecule has 0 aromatic rings. The predicted molar refractivity (Wildman–Crippen MR) is 167 cm³/mol. The molecule has 0 radical (unpaired) electrons. The molecule has 8 heteroatoms. The zero-order valence-corrected chi connectivity index (χ0v) is 27.3. The van der Waals surface area contributed by atoms with Gasteiger partial charge in [-0.2, -0.15) is 0 Å². The Balaban J connectivity index is 1.75. The highest BCUT2D eigenvalue weighted by molar-refractivity contribution is 5.87. The molecule has 0 aliphatic heterocycles. The van der Waals surface area contributed by atoms with E-state index in [1.807, 2.05) is 18.7 Å². The molecule has 242 valence electrons. The number of likely N-dealkylation sites (N-methyl/N-ethyl adjacent to an activating group) is 1. The van der Waals surface area contributed by atoms with Crippen molar-refractivity contribution in [2.45, 2.75) is 148 Å². The number of aliphatic hydroxyl groups is 2. The van der Waals surface area contributed by atoms with Crippen LogP contribution in [0.3, 0.4) is 0 Å². The van der Waals surface area contributed by atoms with Crippen LogP contribution < -0.4 is 0 Å². The summed E-state index contributed by atoms with van der Waals surface area (Å²) in [5, 5.41) is 22.5. The second kappa shape index (κ2) is 17.0. The maximum Gasteiger partial charge on any atom is 0.241 e. The Morgan fingerprint density at radius 1 is 0.714 bits per heavy atom. The molecule has 3 rings (SSSR count). The smallest absolute Gasteiger partial charge is 0.241 e. The third kappa shape index (κ3) is 10.8. The van der Waals surface area contributed by atoms with Crippen molar-refractivity contribution in [2.24, 2.45) is 23.7 Å². The first kappa shape index (κ1) is 34.8. The lowest BCUT2D eigenvalue weighted by molar-refractivity contribution is -0.146. The zero-order valence-electron chi connectivity index (χ0n) is 27.3. The van der Waals surface area contributed by atoms with Gasteiger partial charge in [-0.25, -0.2) is 0 Å². The summed E-state index contributed by atoms with van der Waals surface area (Å²) in [5.74, 6) is 1.10. The third-order valence-electron chi connectivity index (χ3n) is 10.2. The molecule has 0 saturated heterocycles. The molecule has 3 aliphatic carbocycles. The van der Waals surface area contributed by atoms with Gasteiger partial charge in [0.05, 0.1) is 18.7 Å². The van der Waals surface area contributed by atoms with Crippen LogP contribution in [0.25, 0.3) is 0 Å². The Bertz CT molecular complexity index is 848. The van der Waals surface area contributed by atoms with Crippen molar-refractivity contribution in [1.29, 1.82) is 0 Å². The molecule has 0 spiro atoms. The molecule has 0 unspecified atom stereocenters. The minimum atomic E-state index is -1.01. The van der Waals surface area contributed by atoms with Gasteiger partial charge in [0.1, 0.15) is 6.10 Å². The minimum absolute atomic E-state index is 0.0356. The second-order valence-corrected chi connectivity index (χ2v) is 14.4. The summed E-state index contributed by atoms with van der Waals surface area (Å²) in [4.78, 5) is 45.5. The van der Waals surface area contributed by atoms with Gasteiger partial charge in [-0.1, -0.05) is 65.2 Å². The first-order valence-corrected chi connectivity index (χ1v) is 17.1. The lowest BCUT2D eigenvalue weighted by Gasteiger charge is -2.40. The number of hydrogen-bond donors (Lipinski definition) is 2. The molecule has 3 aliphatic rings. The summed E-state index contributed by atoms with van der Waals surface area (Å²) in [6.07, 6.45) is 13.0. The number of aliphatic hydroxyl groups excluding tert-OH is 2. The van der Waals surface area contributed by atoms with Gasteiger partial charge >= 0.3 is 0 Å². The van der Waals surface area contributed by atoms with Crippen molar-refractivity contribution in [3.05, 3.63) is 0 Å². The van der Waals surface area contributed by atoms with E-state index in [9.17, 15) is 24.6 Å². The molecule has 3 fully saturated rings. The van der Waals surface area contributed by atoms with Gasteiger partial charge in [-0.05, 0) is 69.1 Å². The number of nitrogens with zero attached hydrogens (tertiary/aromatic N) is 3. The predicted octanol–water partition coefficient (Wildman–Crippen LogP) is 5.00. The molecule has 2 N–H and O–H groups in total. The molecule has 0 heterocycles. The second-order valence-electron chi connectivity index (χ2n) is 14.4. The fraction of sp³-hybridized carbons (Fsp3) is 0.912. The van der Waals surface area contributed by atoms with Crippen molar-refractivity contribution in [3.63, 3.8) is 0 Å². The van der Waals surface area contributed by atoms with E-state index in [0.29, 0.717) is 37.1 Å². The Labute approximate surface area is 255 Å². The van der Waals surface area contributed by atoms with E-state index in [0.717, 1.165) is 51.4 Å². The van der Waals surface area contributed by atoms with Crippen molar-refractivity contribution in [2.75, 3.05) is 27.2 Å². The van der Waals surface area contributed by atoms with Crippen LogP contribution in [-0.4, -0.2) is 94.1 Å². The quantitative estimate of drug-likeness (QED) is 0.263. The average molecular weight is 592 g/mol. The van der Waals surface area contributed by atoms with Gasteiger partial charge < -0.3 is 24.9 Å². The highest BCUT2D eigenvalue weighted by Crippen LogP contribution is 2.35. The largest absolute Gasteiger partial charge is 0.390 e. The van der Waals surface area contributed by atoms with E-state index < -0.39 is 18.2 Å². The van der Waals surface area contributed by atoms with Crippen molar-refractivity contribution < 1.29 is 24.6 Å². The van der Waals surface area contributed by atoms with Gasteiger partial charge in [0, 0.05) is 39.5 Å². The molecule has 0 bridgehead atoms. The van der Waals surface area contributed by atoms with Crippen LogP contribution in [0.2, 0.25) is 0 Å². The topological polar surface area (TPSA) is 101 Å². The molecule has 8 nitrogen and oxygen atoms in total. The molecular weight excluding hydrogens is 530 g/mol. The van der Waals surface area contributed by atoms with Crippen LogP contribution >= 0.6 is 0 Å². The maximum absolute atomic E-state index is 14.0. The Morgan fingerprint density at radius 2 is 1.26 bits per heavy atom. The third-order valence-corrected chi connectivity index (χ3v) is 10.2. The molecule has 0 aromatic carbocycles. The van der Waals surface area contributed by atoms with Crippen LogP contribution in [-0.2, 0) is 14.4 Å². The first-order valence-electron chi connectivity index (χ1n) is 17.1. The van der Waals surface area contributed by atoms with E-state index in [2.05, 4.69) is 6.92 Å². The summed E-state index contributed by atoms with van der Waals surface area (Å²) < 4.78 is 0. The van der Waals surface area contributed by atoms with E-state index in [-0.39, 0.29) is 49.1 Å². The van der Waals surface area contributed by atoms with Gasteiger partial charge in [0.15, 0.2) is 0 Å². The van der Waals surface area contributed by atoms with Crippen LogP contribution in [0, 0.1) is 23.7 Å². The van der Waals surface area contributed by atoms with Crippen LogP contribution in [0.4, 0.5) is 0 Å². The van der Waals surface area contributed by atoms with Crippen molar-refractivity contribution >= 4 is 17.7 Å². The van der Waals surface area contributed by atoms with Gasteiger partial charge in [-0.3, -0.25) is 14.4 Å². The molecule has 3 amide bonds. The molecule has 3 saturated carbocycles. The number of carbonyl (C=O) groups excluding carboxylic acids is 3. The average Bonchev–Trinajstić information content (AvgIpc) is 3.80. The monoisotopic (exact) mass is 591 g/mol. The number of hydrogen-bond acceptors (Lipinski definition) is 5. The van der Waals surface area contributed by atoms with Gasteiger partial charge in [-0.15, -0.1) is 0 Å². The van der Waals surface area contributed by atoms with Crippen LogP contribution in [0.15, 0.2) is 0 Å². The molecular formula is C34H61N3O5. The summed E-state index contributed by atoms with van der Waals surface area (Å²) in [6.45, 7) is 6.74. The number of amides is 3. The Hall–Kier alpha value is -1.67. The van der Waals surface area contributed by atoms with Gasteiger partial charge in [0.2, 0.25) is 17.7 Å². The molecule has 4 atom stereocenters. The van der Waals surface area contributed by atoms with E-state index in [4.69, 9.17) is 0 Å². The van der Waals surface area contributed by atoms with E-state index in [1.165, 1.54) is 30.6 Å². The lowest BCUT2D eigenvalue weighted by atomic mass is 9.81. The number of rotatable bonds is 16. The van der Waals surface area contributed by atoms with Crippen LogP contribution in [0.1, 0.15) is 124 Å². The van der Waals surface area contributed by atoms with Gasteiger partial charge in [0.25, 0.3) is 0 Å². The minimum Gasteiger partial charge on any atom is -0.390 e. The fourth-order valence-corrected chi connectivity index (χ4v) is 7.21. The molecule has 42 heavy (non-hydrogen) atoms. The zero-order chi connectivity index (χ0) is 30.8. The highest BCUT2D eigenvalue weighted by Gasteiger charge is 2.39. The van der Waals surface area contributed by atoms with E-state index >= 15 is 0 Å². The van der Waals surface area contributed by atoms with Crippen LogP contribution in [0.5, 0.6) is 0 Å². The summed E-state index contributed by atoms with van der Waals surface area (Å²) >= 11 is 0.